The van der Waals surface area contributed by atoms with Crippen LogP contribution in [0.4, 0.5) is 11.5 Å². The average molecular weight is 354 g/mol. The number of nitrogens with zero attached hydrogens (tertiary/aromatic N) is 3. The predicted octanol–water partition coefficient (Wildman–Crippen LogP) is 2.50. The Morgan fingerprint density at radius 1 is 1.19 bits per heavy atom. The largest absolute Gasteiger partial charge is 0.467 e. The van der Waals surface area contributed by atoms with E-state index in [9.17, 15) is 9.59 Å². The molecule has 3 rings (SSSR count). The van der Waals surface area contributed by atoms with Crippen molar-refractivity contribution in [2.45, 2.75) is 27.2 Å². The molecule has 1 aromatic heterocycles. The molecule has 7 heteroatoms. The number of hydrogen-bond donors (Lipinski definition) is 1. The maximum absolute atomic E-state index is 12.9. The fraction of sp³-hybridized carbons (Fsp3) is 0.368. The molecule has 0 saturated carbocycles. The Labute approximate surface area is 152 Å². The van der Waals surface area contributed by atoms with E-state index in [0.29, 0.717) is 35.5 Å². The summed E-state index contributed by atoms with van der Waals surface area (Å²) in [6.45, 7) is 6.11. The normalized spacial score (nSPS) is 14.2. The van der Waals surface area contributed by atoms with E-state index in [1.807, 2.05) is 20.8 Å². The van der Waals surface area contributed by atoms with Crippen molar-refractivity contribution in [3.8, 4) is 6.01 Å². The van der Waals surface area contributed by atoms with Crippen molar-refractivity contribution >= 4 is 23.2 Å². The highest BCUT2D eigenvalue weighted by Gasteiger charge is 2.30. The molecule has 0 spiro atoms. The second-order valence-electron chi connectivity index (χ2n) is 7.25. The molecule has 0 aliphatic carbocycles. The Hall–Kier alpha value is -2.96. The highest BCUT2D eigenvalue weighted by atomic mass is 16.5. The molecule has 1 aliphatic heterocycles. The number of ether oxygens (including phenoxy) is 1. The third kappa shape index (κ3) is 3.12. The summed E-state index contributed by atoms with van der Waals surface area (Å²) in [6, 6.07) is 7.22. The second kappa shape index (κ2) is 6.40. The minimum atomic E-state index is -0.452. The summed E-state index contributed by atoms with van der Waals surface area (Å²) < 4.78 is 5.01. The maximum atomic E-state index is 12.9. The van der Waals surface area contributed by atoms with E-state index in [1.54, 1.807) is 29.2 Å². The number of carbonyl (C=O) groups excluding carboxylic acids is 2. The number of Topliss-reactive ketones (excluding diaryl/α,β-unsaturated/α-hetero) is 1. The number of ketones is 1. The summed E-state index contributed by atoms with van der Waals surface area (Å²) in [5.74, 6) is -0.0773. The lowest BCUT2D eigenvalue weighted by Gasteiger charge is -2.28. The number of aromatic nitrogens is 2. The van der Waals surface area contributed by atoms with Gasteiger partial charge in [0.05, 0.1) is 12.8 Å². The van der Waals surface area contributed by atoms with E-state index in [4.69, 9.17) is 10.5 Å². The summed E-state index contributed by atoms with van der Waals surface area (Å²) >= 11 is 0. The molecule has 136 valence electrons. The molecule has 1 aliphatic rings. The van der Waals surface area contributed by atoms with Crippen LogP contribution in [0.25, 0.3) is 0 Å². The van der Waals surface area contributed by atoms with Crippen molar-refractivity contribution in [2.75, 3.05) is 24.3 Å². The molecule has 26 heavy (non-hydrogen) atoms. The van der Waals surface area contributed by atoms with Crippen molar-refractivity contribution in [3.63, 3.8) is 0 Å². The van der Waals surface area contributed by atoms with Crippen LogP contribution in [-0.2, 0) is 6.42 Å². The van der Waals surface area contributed by atoms with Crippen LogP contribution in [0.15, 0.2) is 24.3 Å². The summed E-state index contributed by atoms with van der Waals surface area (Å²) in [4.78, 5) is 35.1. The quantitative estimate of drug-likeness (QED) is 0.850. The molecule has 1 aromatic carbocycles. The minimum absolute atomic E-state index is 0.0594. The van der Waals surface area contributed by atoms with Gasteiger partial charge in [-0.05, 0) is 24.3 Å². The third-order valence-electron chi connectivity index (χ3n) is 4.33. The van der Waals surface area contributed by atoms with Crippen LogP contribution in [0.3, 0.4) is 0 Å². The topological polar surface area (TPSA) is 98.4 Å². The standard InChI is InChI=1S/C19H22N4O3/c1-19(2,3)15(24)11-5-7-12(8-6-11)23-10-9-13-14(17(23)25)16(20)22-18(21-13)26-4/h5-8H,9-10H2,1-4H3,(H2,20,21,22). The summed E-state index contributed by atoms with van der Waals surface area (Å²) in [5.41, 5.74) is 7.72. The van der Waals surface area contributed by atoms with E-state index in [2.05, 4.69) is 9.97 Å². The van der Waals surface area contributed by atoms with Gasteiger partial charge in [0.15, 0.2) is 5.78 Å². The van der Waals surface area contributed by atoms with Gasteiger partial charge in [-0.25, -0.2) is 0 Å². The van der Waals surface area contributed by atoms with Crippen molar-refractivity contribution in [1.29, 1.82) is 0 Å². The van der Waals surface area contributed by atoms with Crippen molar-refractivity contribution in [1.82, 2.24) is 9.97 Å². The number of benzene rings is 1. The first-order valence-corrected chi connectivity index (χ1v) is 8.39. The van der Waals surface area contributed by atoms with Gasteiger partial charge < -0.3 is 15.4 Å². The number of rotatable bonds is 3. The molecule has 0 bridgehead atoms. The average Bonchev–Trinajstić information content (AvgIpc) is 2.60. The monoisotopic (exact) mass is 354 g/mol. The van der Waals surface area contributed by atoms with Crippen LogP contribution < -0.4 is 15.4 Å². The zero-order valence-electron chi connectivity index (χ0n) is 15.4. The molecule has 0 fully saturated rings. The number of nitrogens with two attached hydrogens (primary N) is 1. The lowest BCUT2D eigenvalue weighted by molar-refractivity contribution is 0.0858. The zero-order valence-corrected chi connectivity index (χ0v) is 15.4. The SMILES string of the molecule is COc1nc(N)c2c(n1)CCN(c1ccc(C(=O)C(C)(C)C)cc1)C2=O. The first-order chi connectivity index (χ1) is 12.2. The molecule has 0 unspecified atom stereocenters. The van der Waals surface area contributed by atoms with Crippen LogP contribution >= 0.6 is 0 Å². The second-order valence-corrected chi connectivity index (χ2v) is 7.25. The maximum Gasteiger partial charge on any atom is 0.318 e. The number of amides is 1. The van der Waals surface area contributed by atoms with E-state index in [1.165, 1.54) is 7.11 Å². The summed E-state index contributed by atoms with van der Waals surface area (Å²) in [5, 5.41) is 0. The predicted molar refractivity (Wildman–Crippen MR) is 98.6 cm³/mol. The van der Waals surface area contributed by atoms with Gasteiger partial charge in [-0.3, -0.25) is 9.59 Å². The minimum Gasteiger partial charge on any atom is -0.467 e. The zero-order chi connectivity index (χ0) is 19.1. The number of hydrogen-bond acceptors (Lipinski definition) is 6. The highest BCUT2D eigenvalue weighted by molar-refractivity contribution is 6.11. The Bertz CT molecular complexity index is 870. The van der Waals surface area contributed by atoms with Crippen molar-refractivity contribution < 1.29 is 14.3 Å². The lowest BCUT2D eigenvalue weighted by Crippen LogP contribution is -2.39. The molecule has 7 nitrogen and oxygen atoms in total. The van der Waals surface area contributed by atoms with Gasteiger partial charge >= 0.3 is 6.01 Å². The number of methoxy groups -OCH3 is 1. The van der Waals surface area contributed by atoms with E-state index in [-0.39, 0.29) is 23.5 Å². The van der Waals surface area contributed by atoms with Crippen LogP contribution in [-0.4, -0.2) is 35.3 Å². The third-order valence-corrected chi connectivity index (χ3v) is 4.33. The van der Waals surface area contributed by atoms with Gasteiger partial charge in [0, 0.05) is 29.6 Å². The first-order valence-electron chi connectivity index (χ1n) is 8.39. The molecule has 1 amide bonds. The van der Waals surface area contributed by atoms with Crippen LogP contribution in [0.1, 0.15) is 47.2 Å². The molecular weight excluding hydrogens is 332 g/mol. The molecule has 0 saturated heterocycles. The van der Waals surface area contributed by atoms with E-state index >= 15 is 0 Å². The van der Waals surface area contributed by atoms with Crippen LogP contribution in [0.5, 0.6) is 6.01 Å². The van der Waals surface area contributed by atoms with Gasteiger partial charge in [0.25, 0.3) is 5.91 Å². The molecule has 2 heterocycles. The Morgan fingerprint density at radius 2 is 1.85 bits per heavy atom. The Balaban J connectivity index is 1.90. The smallest absolute Gasteiger partial charge is 0.318 e. The Morgan fingerprint density at radius 3 is 2.42 bits per heavy atom. The Kier molecular flexibility index (Phi) is 4.39. The fourth-order valence-electron chi connectivity index (χ4n) is 2.93. The van der Waals surface area contributed by atoms with Gasteiger partial charge in [-0.2, -0.15) is 9.97 Å². The van der Waals surface area contributed by atoms with Crippen molar-refractivity contribution in [2.24, 2.45) is 5.41 Å². The van der Waals surface area contributed by atoms with Gasteiger partial charge in [-0.1, -0.05) is 20.8 Å². The first kappa shape index (κ1) is 17.8. The summed E-state index contributed by atoms with van der Waals surface area (Å²) in [6.07, 6.45) is 0.548. The fourth-order valence-corrected chi connectivity index (χ4v) is 2.93. The van der Waals surface area contributed by atoms with Gasteiger partial charge in [0.2, 0.25) is 0 Å². The van der Waals surface area contributed by atoms with Gasteiger partial charge in [0.1, 0.15) is 11.4 Å². The van der Waals surface area contributed by atoms with E-state index < -0.39 is 5.41 Å². The van der Waals surface area contributed by atoms with Gasteiger partial charge in [-0.15, -0.1) is 0 Å². The number of nitrogen functional groups attached to an aromatic ring is 1. The van der Waals surface area contributed by atoms with Crippen LogP contribution in [0, 0.1) is 5.41 Å². The molecular formula is C19H22N4O3. The molecule has 0 atom stereocenters. The molecule has 2 aromatic rings. The highest BCUT2D eigenvalue weighted by Crippen LogP contribution is 2.29. The van der Waals surface area contributed by atoms with Crippen LogP contribution in [0.2, 0.25) is 0 Å². The number of anilines is 2. The van der Waals surface area contributed by atoms with Crippen molar-refractivity contribution in [3.05, 3.63) is 41.1 Å². The summed E-state index contributed by atoms with van der Waals surface area (Å²) in [7, 11) is 1.46. The lowest BCUT2D eigenvalue weighted by atomic mass is 9.86. The number of carbonyl (C=O) groups is 2. The molecule has 0 radical (unpaired) electrons. The van der Waals surface area contributed by atoms with E-state index in [0.717, 1.165) is 0 Å². The number of fused-ring (bicyclic) bond motifs is 1. The molecule has 2 N–H and O–H groups in total.